The molecule has 1 N–H and O–H groups in total. The second-order valence-electron chi connectivity index (χ2n) is 6.06. The number of carboxylic acids is 1. The number of hydrogen-bond donors (Lipinski definition) is 1. The Balaban J connectivity index is 1.72. The molecule has 7 heteroatoms. The first-order valence-corrected chi connectivity index (χ1v) is 9.25. The van der Waals surface area contributed by atoms with Gasteiger partial charge in [0.1, 0.15) is 5.75 Å². The molecule has 26 heavy (non-hydrogen) atoms. The summed E-state index contributed by atoms with van der Waals surface area (Å²) in [7, 11) is 1.57. The molecule has 0 bridgehead atoms. The van der Waals surface area contributed by atoms with Crippen molar-refractivity contribution >= 4 is 23.6 Å². The van der Waals surface area contributed by atoms with Crippen LogP contribution in [0.4, 0.5) is 0 Å². The summed E-state index contributed by atoms with van der Waals surface area (Å²) in [6.45, 7) is 0.598. The predicted octanol–water partition coefficient (Wildman–Crippen LogP) is 2.51. The monoisotopic (exact) mass is 372 g/mol. The number of pyridine rings is 1. The Bertz CT molecular complexity index is 784. The average Bonchev–Trinajstić information content (AvgIpc) is 3.12. The van der Waals surface area contributed by atoms with E-state index in [1.165, 1.54) is 11.8 Å². The van der Waals surface area contributed by atoms with E-state index in [0.717, 1.165) is 10.5 Å². The van der Waals surface area contributed by atoms with Crippen LogP contribution in [0.25, 0.3) is 0 Å². The summed E-state index contributed by atoms with van der Waals surface area (Å²) in [5, 5.41) is 9.63. The van der Waals surface area contributed by atoms with Gasteiger partial charge in [-0.05, 0) is 23.8 Å². The lowest BCUT2D eigenvalue weighted by Crippen LogP contribution is -2.31. The minimum atomic E-state index is -0.891. The lowest BCUT2D eigenvalue weighted by Gasteiger charge is -2.18. The summed E-state index contributed by atoms with van der Waals surface area (Å²) < 4.78 is 5.38. The van der Waals surface area contributed by atoms with Crippen LogP contribution in [0.1, 0.15) is 11.5 Å². The van der Waals surface area contributed by atoms with E-state index in [0.29, 0.717) is 12.3 Å². The van der Waals surface area contributed by atoms with Gasteiger partial charge in [-0.3, -0.25) is 14.6 Å². The highest BCUT2D eigenvalue weighted by molar-refractivity contribution is 8.00. The number of amides is 1. The highest BCUT2D eigenvalue weighted by Crippen LogP contribution is 2.38. The maximum absolute atomic E-state index is 12.6. The van der Waals surface area contributed by atoms with Crippen LogP contribution < -0.4 is 4.74 Å². The zero-order valence-corrected chi connectivity index (χ0v) is 15.2. The van der Waals surface area contributed by atoms with Crippen LogP contribution in [0.3, 0.4) is 0 Å². The molecule has 0 aliphatic carbocycles. The number of aliphatic carboxylic acids is 1. The third kappa shape index (κ3) is 3.99. The van der Waals surface area contributed by atoms with Crippen LogP contribution in [0.15, 0.2) is 53.7 Å². The minimum Gasteiger partial charge on any atom is -0.496 e. The molecule has 0 radical (unpaired) electrons. The van der Waals surface area contributed by atoms with Crippen molar-refractivity contribution in [2.75, 3.05) is 26.0 Å². The summed E-state index contributed by atoms with van der Waals surface area (Å²) in [5.41, 5.74) is 0.833. The number of nitrogens with zero attached hydrogens (tertiary/aromatic N) is 2. The zero-order chi connectivity index (χ0) is 18.5. The fourth-order valence-corrected chi connectivity index (χ4v) is 4.00. The van der Waals surface area contributed by atoms with Crippen LogP contribution >= 0.6 is 11.8 Å². The van der Waals surface area contributed by atoms with Crippen molar-refractivity contribution in [3.63, 3.8) is 0 Å². The number of rotatable bonds is 6. The van der Waals surface area contributed by atoms with Crippen LogP contribution in [-0.2, 0) is 9.59 Å². The van der Waals surface area contributed by atoms with Gasteiger partial charge in [-0.2, -0.15) is 0 Å². The van der Waals surface area contributed by atoms with Gasteiger partial charge in [-0.25, -0.2) is 0 Å². The molecular formula is C19H20N2O4S. The highest BCUT2D eigenvalue weighted by atomic mass is 32.2. The SMILES string of the molecule is COc1ccccc1[C@@H]1CN(C(=O)CSc2ccncc2)C[C@H]1C(=O)O. The quantitative estimate of drug-likeness (QED) is 0.785. The first kappa shape index (κ1) is 18.3. The van der Waals surface area contributed by atoms with Crippen molar-refractivity contribution in [3.05, 3.63) is 54.4 Å². The standard InChI is InChI=1S/C19H20N2O4S/c1-25-17-5-3-2-4-14(17)15-10-21(11-16(15)19(23)24)18(22)12-26-13-6-8-20-9-7-13/h2-9,15-16H,10-12H2,1H3,(H,23,24)/t15-,16+/m0/s1. The zero-order valence-electron chi connectivity index (χ0n) is 14.4. The number of carboxylic acid groups (broad SMARTS) is 1. The molecule has 1 fully saturated rings. The van der Waals surface area contributed by atoms with Crippen molar-refractivity contribution in [1.29, 1.82) is 0 Å². The Kier molecular flexibility index (Phi) is 5.78. The molecule has 0 unspecified atom stereocenters. The van der Waals surface area contributed by atoms with Gasteiger partial charge < -0.3 is 14.7 Å². The van der Waals surface area contributed by atoms with Crippen molar-refractivity contribution in [1.82, 2.24) is 9.88 Å². The molecule has 2 heterocycles. The van der Waals surface area contributed by atoms with Crippen LogP contribution in [0.5, 0.6) is 5.75 Å². The second kappa shape index (κ2) is 8.23. The number of para-hydroxylation sites is 1. The first-order chi connectivity index (χ1) is 12.6. The van der Waals surface area contributed by atoms with Gasteiger partial charge >= 0.3 is 5.97 Å². The van der Waals surface area contributed by atoms with Crippen LogP contribution in [0.2, 0.25) is 0 Å². The number of benzene rings is 1. The van der Waals surface area contributed by atoms with Gasteiger partial charge in [0, 0.05) is 36.3 Å². The van der Waals surface area contributed by atoms with E-state index in [1.807, 2.05) is 36.4 Å². The van der Waals surface area contributed by atoms with Crippen molar-refractivity contribution < 1.29 is 19.4 Å². The van der Waals surface area contributed by atoms with Crippen molar-refractivity contribution in [3.8, 4) is 5.75 Å². The van der Waals surface area contributed by atoms with Crippen LogP contribution in [0, 0.1) is 5.92 Å². The highest BCUT2D eigenvalue weighted by Gasteiger charge is 2.41. The molecular weight excluding hydrogens is 352 g/mol. The number of carbonyl (C=O) groups is 2. The van der Waals surface area contributed by atoms with Crippen molar-refractivity contribution in [2.24, 2.45) is 5.92 Å². The molecule has 1 aliphatic rings. The molecule has 1 aromatic carbocycles. The lowest BCUT2D eigenvalue weighted by molar-refractivity contribution is -0.141. The topological polar surface area (TPSA) is 79.7 Å². The lowest BCUT2D eigenvalue weighted by atomic mass is 9.88. The van der Waals surface area contributed by atoms with E-state index < -0.39 is 11.9 Å². The number of aromatic nitrogens is 1. The summed E-state index contributed by atoms with van der Waals surface area (Å²) in [6.07, 6.45) is 3.36. The summed E-state index contributed by atoms with van der Waals surface area (Å²) in [4.78, 5) is 30.9. The molecule has 0 saturated carbocycles. The minimum absolute atomic E-state index is 0.0598. The Morgan fingerprint density at radius 1 is 1.23 bits per heavy atom. The maximum atomic E-state index is 12.6. The number of hydrogen-bond acceptors (Lipinski definition) is 5. The summed E-state index contributed by atoms with van der Waals surface area (Å²) in [5.74, 6) is -0.938. The molecule has 1 saturated heterocycles. The molecule has 1 aliphatic heterocycles. The van der Waals surface area contributed by atoms with E-state index >= 15 is 0 Å². The summed E-state index contributed by atoms with van der Waals surface area (Å²) >= 11 is 1.43. The predicted molar refractivity (Wildman–Crippen MR) is 98.4 cm³/mol. The van der Waals surface area contributed by atoms with Gasteiger partial charge in [0.25, 0.3) is 0 Å². The van der Waals surface area contributed by atoms with E-state index in [4.69, 9.17) is 4.74 Å². The number of likely N-dealkylation sites (tertiary alicyclic amines) is 1. The first-order valence-electron chi connectivity index (χ1n) is 8.26. The number of methoxy groups -OCH3 is 1. The average molecular weight is 372 g/mol. The van der Waals surface area contributed by atoms with Gasteiger partial charge in [-0.1, -0.05) is 18.2 Å². The third-order valence-corrected chi connectivity index (χ3v) is 5.54. The number of carbonyl (C=O) groups excluding carboxylic acids is 1. The van der Waals surface area contributed by atoms with Crippen LogP contribution in [-0.4, -0.2) is 52.8 Å². The summed E-state index contributed by atoms with van der Waals surface area (Å²) in [6, 6.07) is 11.1. The Labute approximate surface area is 156 Å². The number of ether oxygens (including phenoxy) is 1. The Morgan fingerprint density at radius 2 is 1.96 bits per heavy atom. The third-order valence-electron chi connectivity index (χ3n) is 4.54. The molecule has 6 nitrogen and oxygen atoms in total. The van der Waals surface area contributed by atoms with Gasteiger partial charge in [-0.15, -0.1) is 11.8 Å². The largest absolute Gasteiger partial charge is 0.496 e. The molecule has 2 atom stereocenters. The fourth-order valence-electron chi connectivity index (χ4n) is 3.22. The van der Waals surface area contributed by atoms with E-state index in [9.17, 15) is 14.7 Å². The van der Waals surface area contributed by atoms with Crippen molar-refractivity contribution in [2.45, 2.75) is 10.8 Å². The fraction of sp³-hybridized carbons (Fsp3) is 0.316. The molecule has 3 rings (SSSR count). The molecule has 136 valence electrons. The van der Waals surface area contributed by atoms with Gasteiger partial charge in [0.2, 0.25) is 5.91 Å². The number of thioether (sulfide) groups is 1. The van der Waals surface area contributed by atoms with Gasteiger partial charge in [0.15, 0.2) is 0 Å². The van der Waals surface area contributed by atoms with E-state index in [-0.39, 0.29) is 24.1 Å². The second-order valence-corrected chi connectivity index (χ2v) is 7.11. The Morgan fingerprint density at radius 3 is 2.65 bits per heavy atom. The molecule has 1 amide bonds. The van der Waals surface area contributed by atoms with E-state index in [2.05, 4.69) is 4.98 Å². The molecule has 2 aromatic rings. The van der Waals surface area contributed by atoms with Gasteiger partial charge in [0.05, 0.1) is 18.8 Å². The smallest absolute Gasteiger partial charge is 0.308 e. The van der Waals surface area contributed by atoms with E-state index in [1.54, 1.807) is 24.4 Å². The normalized spacial score (nSPS) is 19.3. The molecule has 0 spiro atoms. The Hall–Kier alpha value is -2.54. The maximum Gasteiger partial charge on any atom is 0.308 e. The molecule has 1 aromatic heterocycles.